The lowest BCUT2D eigenvalue weighted by molar-refractivity contribution is 0.0674. The molecule has 0 aliphatic heterocycles. The van der Waals surface area contributed by atoms with Crippen molar-refractivity contribution in [2.75, 3.05) is 19.6 Å². The van der Waals surface area contributed by atoms with Gasteiger partial charge < -0.3 is 14.3 Å². The Bertz CT molecular complexity index is 519. The molecule has 5 heteroatoms. The van der Waals surface area contributed by atoms with Gasteiger partial charge in [0, 0.05) is 13.0 Å². The first kappa shape index (κ1) is 29.6. The fourth-order valence-corrected chi connectivity index (χ4v) is 10.4. The molecular formula is C25H47ClO3Si. The van der Waals surface area contributed by atoms with Crippen LogP contribution in [0.25, 0.3) is 0 Å². The van der Waals surface area contributed by atoms with Crippen LogP contribution in [0.3, 0.4) is 0 Å². The van der Waals surface area contributed by atoms with E-state index in [1.54, 1.807) is 13.2 Å². The Morgan fingerprint density at radius 3 is 2.00 bits per heavy atom. The summed E-state index contributed by atoms with van der Waals surface area (Å²) < 4.78 is 12.6. The second kappa shape index (κ2) is 15.4. The molecule has 0 rings (SSSR count). The van der Waals surface area contributed by atoms with Crippen LogP contribution in [0.4, 0.5) is 0 Å². The monoisotopic (exact) mass is 458 g/mol. The van der Waals surface area contributed by atoms with Crippen LogP contribution in [0.15, 0.2) is 36.0 Å². The summed E-state index contributed by atoms with van der Waals surface area (Å²) in [5.41, 5.74) is 2.94. The molecule has 0 spiro atoms. The Balaban J connectivity index is 5.17. The van der Waals surface area contributed by atoms with Crippen LogP contribution >= 0.6 is 11.6 Å². The zero-order valence-corrected chi connectivity index (χ0v) is 22.6. The maximum absolute atomic E-state index is 8.82. The molecule has 0 aromatic rings. The smallest absolute Gasteiger partial charge is 0.201 e. The second-order valence-corrected chi connectivity index (χ2v) is 15.0. The first-order chi connectivity index (χ1) is 14.1. The van der Waals surface area contributed by atoms with E-state index in [4.69, 9.17) is 25.9 Å². The molecule has 3 atom stereocenters. The Morgan fingerprint density at radius 1 is 1.00 bits per heavy atom. The van der Waals surface area contributed by atoms with Crippen molar-refractivity contribution in [2.24, 2.45) is 5.92 Å². The highest BCUT2D eigenvalue weighted by Gasteiger charge is 2.46. The molecule has 0 aliphatic carbocycles. The fourth-order valence-electron chi connectivity index (χ4n) is 4.65. The molecule has 0 saturated heterocycles. The van der Waals surface area contributed by atoms with Crippen LogP contribution in [0.1, 0.15) is 68.2 Å². The molecular weight excluding hydrogens is 412 g/mol. The van der Waals surface area contributed by atoms with Gasteiger partial charge in [-0.2, -0.15) is 0 Å². The van der Waals surface area contributed by atoms with Gasteiger partial charge >= 0.3 is 0 Å². The molecule has 0 aliphatic rings. The van der Waals surface area contributed by atoms with Crippen LogP contribution in [-0.4, -0.2) is 45.2 Å². The minimum atomic E-state index is -1.96. The van der Waals surface area contributed by atoms with Crippen molar-refractivity contribution in [3.05, 3.63) is 36.0 Å². The van der Waals surface area contributed by atoms with E-state index in [1.807, 2.05) is 12.2 Å². The molecule has 1 unspecified atom stereocenters. The lowest BCUT2D eigenvalue weighted by Crippen LogP contribution is -2.50. The standard InChI is InChI=1S/C25H47ClO3Si/c1-19(2)30(20(3)4,21(5)6)29-24(18-26)17-22(7)14-15-25(28-9)23(8)13-11-10-12-16-27/h10-13,17,19-21,23-25,27H,14-16,18H2,1-9H3/b12-10+,13-11+,22-17-/t23-,24?,25-/m0/s1. The normalized spacial score (nSPS) is 17.1. The van der Waals surface area contributed by atoms with Gasteiger partial charge in [0.2, 0.25) is 8.32 Å². The third-order valence-corrected chi connectivity index (χ3v) is 12.6. The minimum Gasteiger partial charge on any atom is -0.409 e. The van der Waals surface area contributed by atoms with Gasteiger partial charge in [0.25, 0.3) is 0 Å². The minimum absolute atomic E-state index is 0.0348. The zero-order chi connectivity index (χ0) is 23.3. The van der Waals surface area contributed by atoms with E-state index in [1.165, 1.54) is 5.57 Å². The quantitative estimate of drug-likeness (QED) is 0.121. The summed E-state index contributed by atoms with van der Waals surface area (Å²) in [6.45, 7) is 18.2. The number of ether oxygens (including phenoxy) is 1. The van der Waals surface area contributed by atoms with Gasteiger partial charge in [-0.15, -0.1) is 11.6 Å². The molecule has 0 radical (unpaired) electrons. The predicted octanol–water partition coefficient (Wildman–Crippen LogP) is 7.27. The van der Waals surface area contributed by atoms with Crippen molar-refractivity contribution in [3.8, 4) is 0 Å². The van der Waals surface area contributed by atoms with E-state index in [0.29, 0.717) is 28.4 Å². The number of aliphatic hydroxyl groups is 1. The average molecular weight is 459 g/mol. The largest absolute Gasteiger partial charge is 0.409 e. The van der Waals surface area contributed by atoms with Crippen molar-refractivity contribution < 1.29 is 14.3 Å². The van der Waals surface area contributed by atoms with E-state index in [-0.39, 0.29) is 18.8 Å². The molecule has 1 N–H and O–H groups in total. The lowest BCUT2D eigenvalue weighted by Gasteiger charge is -2.44. The summed E-state index contributed by atoms with van der Waals surface area (Å²) in [5, 5.41) is 8.82. The average Bonchev–Trinajstić information content (AvgIpc) is 2.67. The summed E-state index contributed by atoms with van der Waals surface area (Å²) >= 11 is 6.35. The van der Waals surface area contributed by atoms with Gasteiger partial charge in [-0.05, 0) is 36.4 Å². The second-order valence-electron chi connectivity index (χ2n) is 9.31. The first-order valence-corrected chi connectivity index (χ1v) is 14.1. The zero-order valence-electron chi connectivity index (χ0n) is 20.8. The van der Waals surface area contributed by atoms with Gasteiger partial charge in [-0.1, -0.05) is 84.4 Å². The third kappa shape index (κ3) is 9.40. The number of methoxy groups -OCH3 is 1. The third-order valence-electron chi connectivity index (χ3n) is 6.16. The highest BCUT2D eigenvalue weighted by atomic mass is 35.5. The van der Waals surface area contributed by atoms with Crippen molar-refractivity contribution in [2.45, 2.75) is 97.1 Å². The van der Waals surface area contributed by atoms with Gasteiger partial charge in [0.05, 0.1) is 24.7 Å². The Kier molecular flexibility index (Phi) is 15.2. The molecule has 0 saturated carbocycles. The number of rotatable bonds is 15. The fraction of sp³-hybridized carbons (Fsp3) is 0.760. The molecule has 0 heterocycles. The van der Waals surface area contributed by atoms with Crippen LogP contribution < -0.4 is 0 Å². The number of hydrogen-bond acceptors (Lipinski definition) is 3. The summed E-state index contributed by atoms with van der Waals surface area (Å²) in [7, 11) is -0.183. The van der Waals surface area contributed by atoms with Crippen LogP contribution in [0, 0.1) is 5.92 Å². The number of halogens is 1. The predicted molar refractivity (Wildman–Crippen MR) is 135 cm³/mol. The van der Waals surface area contributed by atoms with E-state index in [0.717, 1.165) is 12.8 Å². The molecule has 176 valence electrons. The summed E-state index contributed by atoms with van der Waals surface area (Å²) in [6, 6.07) is 0. The van der Waals surface area contributed by atoms with Crippen molar-refractivity contribution in [1.29, 1.82) is 0 Å². The maximum atomic E-state index is 8.82. The Hall–Kier alpha value is -0.393. The number of alkyl halides is 1. The topological polar surface area (TPSA) is 38.7 Å². The molecule has 0 aromatic carbocycles. The van der Waals surface area contributed by atoms with Gasteiger partial charge in [0.15, 0.2) is 0 Å². The highest BCUT2D eigenvalue weighted by Crippen LogP contribution is 2.43. The summed E-state index contributed by atoms with van der Waals surface area (Å²) in [4.78, 5) is 0. The van der Waals surface area contributed by atoms with Crippen molar-refractivity contribution in [1.82, 2.24) is 0 Å². The number of hydrogen-bond donors (Lipinski definition) is 1. The molecule has 30 heavy (non-hydrogen) atoms. The van der Waals surface area contributed by atoms with Crippen molar-refractivity contribution >= 4 is 19.9 Å². The van der Waals surface area contributed by atoms with Crippen LogP contribution in [-0.2, 0) is 9.16 Å². The Morgan fingerprint density at radius 2 is 1.57 bits per heavy atom. The maximum Gasteiger partial charge on any atom is 0.201 e. The van der Waals surface area contributed by atoms with E-state index < -0.39 is 8.32 Å². The lowest BCUT2D eigenvalue weighted by atomic mass is 9.97. The van der Waals surface area contributed by atoms with Crippen LogP contribution in [0.2, 0.25) is 16.6 Å². The van der Waals surface area contributed by atoms with E-state index in [9.17, 15) is 0 Å². The number of aliphatic hydroxyl groups excluding tert-OH is 1. The van der Waals surface area contributed by atoms with Gasteiger partial charge in [0.1, 0.15) is 0 Å². The van der Waals surface area contributed by atoms with Gasteiger partial charge in [-0.3, -0.25) is 0 Å². The summed E-state index contributed by atoms with van der Waals surface area (Å²) in [5.74, 6) is 0.788. The van der Waals surface area contributed by atoms with Gasteiger partial charge in [-0.25, -0.2) is 0 Å². The Labute approximate surface area is 192 Å². The van der Waals surface area contributed by atoms with Crippen molar-refractivity contribution in [3.63, 3.8) is 0 Å². The molecule has 3 nitrogen and oxygen atoms in total. The SMILES string of the molecule is CO[C@@H](CC/C(C)=C\C(CCl)O[Si](C(C)C)(C(C)C)C(C)C)[C@@H](C)/C=C/C=C/CO. The highest BCUT2D eigenvalue weighted by molar-refractivity contribution is 6.77. The summed E-state index contributed by atoms with van der Waals surface area (Å²) in [6.07, 6.45) is 11.9. The molecule has 0 amide bonds. The van der Waals surface area contributed by atoms with E-state index >= 15 is 0 Å². The van der Waals surface area contributed by atoms with E-state index in [2.05, 4.69) is 67.5 Å². The van der Waals surface area contributed by atoms with Crippen LogP contribution in [0.5, 0.6) is 0 Å². The molecule has 0 aromatic heterocycles. The number of allylic oxidation sites excluding steroid dienone is 3. The molecule has 0 bridgehead atoms. The molecule has 0 fully saturated rings. The first-order valence-electron chi connectivity index (χ1n) is 11.4.